The summed E-state index contributed by atoms with van der Waals surface area (Å²) in [6, 6.07) is 19.2. The molecule has 0 radical (unpaired) electrons. The van der Waals surface area contributed by atoms with Gasteiger partial charge in [-0.2, -0.15) is 0 Å². The highest BCUT2D eigenvalue weighted by atomic mass is 15.1. The topological polar surface area (TPSA) is 3.24 Å². The van der Waals surface area contributed by atoms with E-state index in [1.807, 2.05) is 6.07 Å². The Labute approximate surface area is 134 Å². The molecule has 0 saturated heterocycles. The summed E-state index contributed by atoms with van der Waals surface area (Å²) >= 11 is 0. The Balaban J connectivity index is 2.07. The van der Waals surface area contributed by atoms with Crippen molar-refractivity contribution in [1.82, 2.24) is 0 Å². The molecule has 0 spiro atoms. The highest BCUT2D eigenvalue weighted by Crippen LogP contribution is 2.20. The van der Waals surface area contributed by atoms with Gasteiger partial charge in [0.15, 0.2) is 0 Å². The van der Waals surface area contributed by atoms with E-state index in [0.29, 0.717) is 0 Å². The lowest BCUT2D eigenvalue weighted by Gasteiger charge is -2.21. The van der Waals surface area contributed by atoms with Crippen LogP contribution in [0.1, 0.15) is 31.9 Å². The van der Waals surface area contributed by atoms with Crippen LogP contribution in [0, 0.1) is 0 Å². The molecule has 22 heavy (non-hydrogen) atoms. The van der Waals surface area contributed by atoms with E-state index in [1.54, 1.807) is 0 Å². The molecule has 2 aromatic rings. The average molecular weight is 291 g/mol. The summed E-state index contributed by atoms with van der Waals surface area (Å²) in [5, 5.41) is 0. The minimum Gasteiger partial charge on any atom is -0.372 e. The summed E-state index contributed by atoms with van der Waals surface area (Å²) < 4.78 is 0. The summed E-state index contributed by atoms with van der Waals surface area (Å²) in [7, 11) is 0. The van der Waals surface area contributed by atoms with Crippen molar-refractivity contribution in [3.8, 4) is 0 Å². The van der Waals surface area contributed by atoms with Crippen molar-refractivity contribution in [3.63, 3.8) is 0 Å². The number of nitrogens with zero attached hydrogens (tertiary/aromatic N) is 1. The summed E-state index contributed by atoms with van der Waals surface area (Å²) in [5.74, 6) is 0. The first-order valence-electron chi connectivity index (χ1n) is 8.00. The molecule has 2 aromatic carbocycles. The van der Waals surface area contributed by atoms with E-state index in [0.717, 1.165) is 13.1 Å². The third-order valence-corrected chi connectivity index (χ3v) is 3.89. The Kier molecular flexibility index (Phi) is 6.02. The van der Waals surface area contributed by atoms with Crippen LogP contribution in [0.15, 0.2) is 66.7 Å². The number of hydrogen-bond donors (Lipinski definition) is 0. The Morgan fingerprint density at radius 2 is 1.55 bits per heavy atom. The minimum absolute atomic E-state index is 1.05. The van der Waals surface area contributed by atoms with E-state index in [2.05, 4.69) is 92.4 Å². The third kappa shape index (κ3) is 4.36. The van der Waals surface area contributed by atoms with Crippen LogP contribution < -0.4 is 4.90 Å². The number of hydrogen-bond acceptors (Lipinski definition) is 1. The molecule has 0 heterocycles. The van der Waals surface area contributed by atoms with Gasteiger partial charge in [0.25, 0.3) is 0 Å². The van der Waals surface area contributed by atoms with Crippen LogP contribution in [-0.4, -0.2) is 13.1 Å². The Morgan fingerprint density at radius 1 is 0.909 bits per heavy atom. The average Bonchev–Trinajstić information content (AvgIpc) is 2.57. The summed E-state index contributed by atoms with van der Waals surface area (Å²) in [6.07, 6.45) is 6.41. The van der Waals surface area contributed by atoms with Gasteiger partial charge >= 0.3 is 0 Å². The van der Waals surface area contributed by atoms with Gasteiger partial charge in [-0.15, -0.1) is 0 Å². The fourth-order valence-corrected chi connectivity index (χ4v) is 2.49. The maximum absolute atomic E-state index is 2.36. The molecule has 0 aliphatic rings. The second-order valence-electron chi connectivity index (χ2n) is 5.34. The van der Waals surface area contributed by atoms with Gasteiger partial charge < -0.3 is 4.90 Å². The molecular formula is C21H25N. The molecule has 1 heteroatoms. The maximum atomic E-state index is 2.36. The largest absolute Gasteiger partial charge is 0.372 e. The molecule has 2 rings (SSSR count). The molecule has 0 aromatic heterocycles. The summed E-state index contributed by atoms with van der Waals surface area (Å²) in [4.78, 5) is 2.36. The van der Waals surface area contributed by atoms with E-state index in [4.69, 9.17) is 0 Å². The molecule has 0 N–H and O–H groups in total. The van der Waals surface area contributed by atoms with E-state index >= 15 is 0 Å². The molecule has 0 atom stereocenters. The lowest BCUT2D eigenvalue weighted by Crippen LogP contribution is -2.21. The van der Waals surface area contributed by atoms with Gasteiger partial charge in [0.2, 0.25) is 0 Å². The second kappa shape index (κ2) is 8.23. The van der Waals surface area contributed by atoms with E-state index in [-0.39, 0.29) is 0 Å². The van der Waals surface area contributed by atoms with Gasteiger partial charge in [-0.3, -0.25) is 0 Å². The quantitative estimate of drug-likeness (QED) is 0.622. The van der Waals surface area contributed by atoms with Crippen LogP contribution in [0.3, 0.4) is 0 Å². The normalized spacial score (nSPS) is 11.9. The zero-order valence-electron chi connectivity index (χ0n) is 13.8. The van der Waals surface area contributed by atoms with Gasteiger partial charge in [-0.05, 0) is 49.6 Å². The first-order valence-corrected chi connectivity index (χ1v) is 8.00. The van der Waals surface area contributed by atoms with Crippen LogP contribution in [-0.2, 0) is 0 Å². The van der Waals surface area contributed by atoms with Gasteiger partial charge in [0.1, 0.15) is 0 Å². The fraction of sp³-hybridized carbons (Fsp3) is 0.238. The molecule has 0 unspecified atom stereocenters. The molecule has 0 fully saturated rings. The molecule has 0 aliphatic carbocycles. The molecule has 114 valence electrons. The van der Waals surface area contributed by atoms with Crippen molar-refractivity contribution < 1.29 is 0 Å². The Bertz CT molecular complexity index is 617. The van der Waals surface area contributed by atoms with E-state index in [1.165, 1.54) is 22.4 Å². The predicted molar refractivity (Wildman–Crippen MR) is 99.1 cm³/mol. The van der Waals surface area contributed by atoms with E-state index in [9.17, 15) is 0 Å². The van der Waals surface area contributed by atoms with Crippen LogP contribution in [0.4, 0.5) is 5.69 Å². The number of benzene rings is 2. The van der Waals surface area contributed by atoms with Crippen molar-refractivity contribution in [2.75, 3.05) is 18.0 Å². The minimum atomic E-state index is 1.05. The van der Waals surface area contributed by atoms with Gasteiger partial charge in [0, 0.05) is 18.8 Å². The van der Waals surface area contributed by atoms with Gasteiger partial charge in [0.05, 0.1) is 0 Å². The third-order valence-electron chi connectivity index (χ3n) is 3.89. The Hall–Kier alpha value is -2.28. The molecule has 0 bridgehead atoms. The molecule has 1 nitrogen and oxygen atoms in total. The van der Waals surface area contributed by atoms with Crippen molar-refractivity contribution in [2.24, 2.45) is 0 Å². The van der Waals surface area contributed by atoms with Crippen molar-refractivity contribution in [3.05, 3.63) is 77.9 Å². The molecule has 0 aliphatic heterocycles. The number of allylic oxidation sites excluding steroid dienone is 3. The second-order valence-corrected chi connectivity index (χ2v) is 5.34. The maximum Gasteiger partial charge on any atom is 0.0366 e. The smallest absolute Gasteiger partial charge is 0.0366 e. The van der Waals surface area contributed by atoms with Crippen LogP contribution in [0.2, 0.25) is 0 Å². The molecule has 0 amide bonds. The van der Waals surface area contributed by atoms with Crippen molar-refractivity contribution in [2.45, 2.75) is 20.8 Å². The monoisotopic (exact) mass is 291 g/mol. The number of rotatable bonds is 6. The summed E-state index contributed by atoms with van der Waals surface area (Å²) in [5.41, 5.74) is 5.07. The van der Waals surface area contributed by atoms with Crippen LogP contribution in [0.25, 0.3) is 11.6 Å². The number of anilines is 1. The van der Waals surface area contributed by atoms with Crippen molar-refractivity contribution >= 4 is 17.3 Å². The van der Waals surface area contributed by atoms with Crippen LogP contribution in [0.5, 0.6) is 0 Å². The zero-order chi connectivity index (χ0) is 15.8. The standard InChI is InChI=1S/C21H25N/c1-4-22(5-2)21-16-14-20(15-17-21)18(3)10-9-13-19-11-7-6-8-12-19/h6-17H,4-5H2,1-3H3. The van der Waals surface area contributed by atoms with Crippen molar-refractivity contribution in [1.29, 1.82) is 0 Å². The molecular weight excluding hydrogens is 266 g/mol. The zero-order valence-corrected chi connectivity index (χ0v) is 13.8. The SMILES string of the molecule is CCN(CC)c1ccc(C(C)=CC=Cc2ccccc2)cc1. The first kappa shape index (κ1) is 16.1. The van der Waals surface area contributed by atoms with Gasteiger partial charge in [-0.1, -0.05) is 60.7 Å². The van der Waals surface area contributed by atoms with Gasteiger partial charge in [-0.25, -0.2) is 0 Å². The highest BCUT2D eigenvalue weighted by Gasteiger charge is 2.01. The highest BCUT2D eigenvalue weighted by molar-refractivity contribution is 5.68. The lowest BCUT2D eigenvalue weighted by atomic mass is 10.1. The summed E-state index contributed by atoms with van der Waals surface area (Å²) in [6.45, 7) is 8.63. The van der Waals surface area contributed by atoms with E-state index < -0.39 is 0 Å². The van der Waals surface area contributed by atoms with Crippen LogP contribution >= 0.6 is 0 Å². The lowest BCUT2D eigenvalue weighted by molar-refractivity contribution is 0.866. The first-order chi connectivity index (χ1) is 10.7. The fourth-order valence-electron chi connectivity index (χ4n) is 2.49. The Morgan fingerprint density at radius 3 is 2.14 bits per heavy atom. The predicted octanol–water partition coefficient (Wildman–Crippen LogP) is 5.65. The molecule has 0 saturated carbocycles.